The van der Waals surface area contributed by atoms with E-state index in [1.807, 2.05) is 23.4 Å². The fraction of sp³-hybridized carbons (Fsp3) is 0.429. The van der Waals surface area contributed by atoms with Crippen molar-refractivity contribution in [2.24, 2.45) is 0 Å². The second-order valence-corrected chi connectivity index (χ2v) is 7.84. The molecule has 1 aliphatic heterocycles. The van der Waals surface area contributed by atoms with E-state index in [1.165, 1.54) is 5.56 Å². The Balaban J connectivity index is 1.28. The van der Waals surface area contributed by atoms with Crippen molar-refractivity contribution in [3.63, 3.8) is 0 Å². The van der Waals surface area contributed by atoms with Crippen LogP contribution in [0.5, 0.6) is 5.75 Å². The van der Waals surface area contributed by atoms with Crippen molar-refractivity contribution < 1.29 is 14.2 Å². The highest BCUT2D eigenvalue weighted by atomic mass is 16.6. The summed E-state index contributed by atoms with van der Waals surface area (Å²) >= 11 is 0. The first-order valence-electron chi connectivity index (χ1n) is 10.1. The Bertz CT molecular complexity index is 1050. The zero-order valence-electron chi connectivity index (χ0n) is 17.1. The molecule has 0 bridgehead atoms. The summed E-state index contributed by atoms with van der Waals surface area (Å²) in [5.74, 6) is 1.06. The molecule has 9 heteroatoms. The molecule has 4 rings (SSSR count). The predicted molar refractivity (Wildman–Crippen MR) is 109 cm³/mol. The number of nitrogens with one attached hydrogen (secondary N) is 2. The van der Waals surface area contributed by atoms with E-state index < -0.39 is 11.5 Å². The van der Waals surface area contributed by atoms with Gasteiger partial charge in [0.25, 0.3) is 5.91 Å². The first kappa shape index (κ1) is 19.9. The highest BCUT2D eigenvalue weighted by Gasteiger charge is 2.32. The first-order valence-corrected chi connectivity index (χ1v) is 10.1. The fourth-order valence-electron chi connectivity index (χ4n) is 3.62. The van der Waals surface area contributed by atoms with Crippen LogP contribution in [0.15, 0.2) is 39.8 Å². The number of benzene rings is 1. The van der Waals surface area contributed by atoms with Gasteiger partial charge in [0.05, 0.1) is 12.3 Å². The molecule has 1 unspecified atom stereocenters. The van der Waals surface area contributed by atoms with Gasteiger partial charge in [-0.1, -0.05) is 26.0 Å². The van der Waals surface area contributed by atoms with E-state index in [0.29, 0.717) is 32.0 Å². The number of amides is 1. The molecular weight excluding hydrogens is 386 g/mol. The van der Waals surface area contributed by atoms with Crippen LogP contribution in [0, 0.1) is 0 Å². The van der Waals surface area contributed by atoms with E-state index >= 15 is 0 Å². The second kappa shape index (κ2) is 8.56. The van der Waals surface area contributed by atoms with E-state index in [0.717, 1.165) is 23.6 Å². The quantitative estimate of drug-likeness (QED) is 0.617. The summed E-state index contributed by atoms with van der Waals surface area (Å²) in [6.45, 7) is 5.92. The SMILES string of the molecule is CC(C)c1ccc(OCCc2cc(C3CCN(C(=O)c4no[nH]c4=O)C3)n[nH]2)cc1. The van der Waals surface area contributed by atoms with Gasteiger partial charge in [-0.15, -0.1) is 0 Å². The summed E-state index contributed by atoms with van der Waals surface area (Å²) in [5, 5.41) is 13.0. The Kier molecular flexibility index (Phi) is 5.69. The third kappa shape index (κ3) is 4.29. The van der Waals surface area contributed by atoms with Gasteiger partial charge in [-0.3, -0.25) is 19.3 Å². The molecule has 1 fully saturated rings. The number of aromatic nitrogens is 4. The minimum absolute atomic E-state index is 0.120. The number of carbonyl (C=O) groups excluding carboxylic acids is 1. The lowest BCUT2D eigenvalue weighted by molar-refractivity contribution is 0.0778. The summed E-state index contributed by atoms with van der Waals surface area (Å²) in [4.78, 5) is 25.5. The molecule has 1 amide bonds. The lowest BCUT2D eigenvalue weighted by Gasteiger charge is -2.13. The van der Waals surface area contributed by atoms with Gasteiger partial charge in [0.1, 0.15) is 5.75 Å². The predicted octanol–water partition coefficient (Wildman–Crippen LogP) is 2.46. The molecule has 3 heterocycles. The van der Waals surface area contributed by atoms with Gasteiger partial charge in [0.2, 0.25) is 5.69 Å². The van der Waals surface area contributed by atoms with Gasteiger partial charge in [0, 0.05) is 31.1 Å². The van der Waals surface area contributed by atoms with Crippen LogP contribution in [0.25, 0.3) is 0 Å². The molecule has 1 saturated heterocycles. The molecule has 0 aliphatic carbocycles. The van der Waals surface area contributed by atoms with E-state index in [9.17, 15) is 9.59 Å². The van der Waals surface area contributed by atoms with Gasteiger partial charge >= 0.3 is 5.56 Å². The molecule has 158 valence electrons. The molecule has 30 heavy (non-hydrogen) atoms. The van der Waals surface area contributed by atoms with Gasteiger partial charge < -0.3 is 9.64 Å². The zero-order valence-corrected chi connectivity index (χ0v) is 17.1. The van der Waals surface area contributed by atoms with Gasteiger partial charge in [-0.2, -0.15) is 10.3 Å². The second-order valence-electron chi connectivity index (χ2n) is 7.84. The number of hydrogen-bond donors (Lipinski definition) is 2. The van der Waals surface area contributed by atoms with Crippen molar-refractivity contribution in [1.82, 2.24) is 25.4 Å². The topological polar surface area (TPSA) is 117 Å². The standard InChI is InChI=1S/C21H25N5O4/c1-13(2)14-3-5-17(6-4-14)29-10-8-16-11-18(23-22-16)15-7-9-26(12-15)21(28)19-20(27)25-30-24-19/h3-6,11,13,15H,7-10,12H2,1-2H3,(H,22,23)(H,25,27). The molecule has 0 spiro atoms. The molecule has 2 N–H and O–H groups in total. The van der Waals surface area contributed by atoms with Crippen molar-refractivity contribution in [2.75, 3.05) is 19.7 Å². The number of likely N-dealkylation sites (tertiary alicyclic amines) is 1. The maximum absolute atomic E-state index is 12.4. The Morgan fingerprint density at radius 1 is 1.33 bits per heavy atom. The van der Waals surface area contributed by atoms with Crippen molar-refractivity contribution in [3.05, 3.63) is 63.3 Å². The van der Waals surface area contributed by atoms with Crippen LogP contribution in [-0.2, 0) is 6.42 Å². The summed E-state index contributed by atoms with van der Waals surface area (Å²) in [6, 6.07) is 10.2. The van der Waals surface area contributed by atoms with Crippen LogP contribution in [0.1, 0.15) is 59.5 Å². The smallest absolute Gasteiger partial charge is 0.313 e. The molecule has 0 radical (unpaired) electrons. The van der Waals surface area contributed by atoms with Gasteiger partial charge in [-0.25, -0.2) is 0 Å². The van der Waals surface area contributed by atoms with Crippen molar-refractivity contribution in [2.45, 2.75) is 38.5 Å². The minimum atomic E-state index is -0.607. The molecular formula is C21H25N5O4. The summed E-state index contributed by atoms with van der Waals surface area (Å²) in [7, 11) is 0. The number of carbonyl (C=O) groups is 1. The third-order valence-corrected chi connectivity index (χ3v) is 5.42. The van der Waals surface area contributed by atoms with E-state index in [2.05, 4.69) is 46.0 Å². The summed E-state index contributed by atoms with van der Waals surface area (Å²) in [6.07, 6.45) is 1.49. The maximum atomic E-state index is 12.4. The van der Waals surface area contributed by atoms with Crippen LogP contribution in [0.2, 0.25) is 0 Å². The maximum Gasteiger partial charge on any atom is 0.313 e. The van der Waals surface area contributed by atoms with Crippen molar-refractivity contribution in [1.29, 1.82) is 0 Å². The monoisotopic (exact) mass is 411 g/mol. The van der Waals surface area contributed by atoms with Crippen LogP contribution in [0.3, 0.4) is 0 Å². The van der Waals surface area contributed by atoms with Gasteiger partial charge in [0.15, 0.2) is 0 Å². The number of aromatic amines is 2. The average Bonchev–Trinajstić information content (AvgIpc) is 3.48. The molecule has 3 aromatic rings. The molecule has 1 aliphatic rings. The molecule has 0 saturated carbocycles. The lowest BCUT2D eigenvalue weighted by atomic mass is 10.0. The van der Waals surface area contributed by atoms with Gasteiger partial charge in [-0.05, 0) is 41.3 Å². The van der Waals surface area contributed by atoms with E-state index in [-0.39, 0.29) is 11.6 Å². The average molecular weight is 411 g/mol. The zero-order chi connectivity index (χ0) is 21.1. The lowest BCUT2D eigenvalue weighted by Crippen LogP contribution is -2.32. The third-order valence-electron chi connectivity index (χ3n) is 5.42. The Morgan fingerprint density at radius 2 is 2.13 bits per heavy atom. The number of rotatable bonds is 7. The first-order chi connectivity index (χ1) is 14.5. The van der Waals surface area contributed by atoms with Crippen LogP contribution < -0.4 is 10.3 Å². The Morgan fingerprint density at radius 3 is 2.83 bits per heavy atom. The molecule has 1 atom stereocenters. The van der Waals surface area contributed by atoms with Crippen LogP contribution in [0.4, 0.5) is 0 Å². The normalized spacial score (nSPS) is 16.4. The highest BCUT2D eigenvalue weighted by molar-refractivity contribution is 5.91. The van der Waals surface area contributed by atoms with Crippen molar-refractivity contribution >= 4 is 5.91 Å². The number of hydrogen-bond acceptors (Lipinski definition) is 6. The van der Waals surface area contributed by atoms with Crippen LogP contribution in [-0.4, -0.2) is 51.0 Å². The summed E-state index contributed by atoms with van der Waals surface area (Å²) < 4.78 is 10.3. The number of H-pyrrole nitrogens is 2. The number of nitrogens with zero attached hydrogens (tertiary/aromatic N) is 3. The summed E-state index contributed by atoms with van der Waals surface area (Å²) in [5.41, 5.74) is 2.37. The fourth-order valence-corrected chi connectivity index (χ4v) is 3.62. The Labute approximate surface area is 173 Å². The Hall–Kier alpha value is -3.36. The highest BCUT2D eigenvalue weighted by Crippen LogP contribution is 2.27. The minimum Gasteiger partial charge on any atom is -0.493 e. The van der Waals surface area contributed by atoms with E-state index in [1.54, 1.807) is 4.90 Å². The van der Waals surface area contributed by atoms with Crippen LogP contribution >= 0.6 is 0 Å². The number of ether oxygens (including phenoxy) is 1. The largest absolute Gasteiger partial charge is 0.493 e. The van der Waals surface area contributed by atoms with E-state index in [4.69, 9.17) is 4.74 Å². The van der Waals surface area contributed by atoms with Crippen molar-refractivity contribution in [3.8, 4) is 5.75 Å². The molecule has 2 aromatic heterocycles. The molecule has 9 nitrogen and oxygen atoms in total. The molecule has 1 aromatic carbocycles.